The Hall–Kier alpha value is -0.560. The molecule has 15 heavy (non-hydrogen) atoms. The smallest absolute Gasteiger partial charge is 0.0682 e. The van der Waals surface area contributed by atoms with Gasteiger partial charge in [-0.15, -0.1) is 0 Å². The molecule has 4 aliphatic carbocycles. The van der Waals surface area contributed by atoms with Crippen molar-refractivity contribution in [2.45, 2.75) is 40.2 Å². The monoisotopic (exact) mass is 204 g/mol. The van der Waals surface area contributed by atoms with Crippen LogP contribution >= 0.6 is 0 Å². The van der Waals surface area contributed by atoms with E-state index in [4.69, 9.17) is 0 Å². The molecule has 0 spiro atoms. The Labute approximate surface area is 91.9 Å². The highest BCUT2D eigenvalue weighted by molar-refractivity contribution is 5.47. The maximum Gasteiger partial charge on any atom is 0.0682 e. The molecule has 0 heterocycles. The highest BCUT2D eigenvalue weighted by Gasteiger charge is 2.65. The van der Waals surface area contributed by atoms with Crippen LogP contribution in [0.4, 0.5) is 0 Å². The first-order valence-corrected chi connectivity index (χ1v) is 6.06. The quantitative estimate of drug-likeness (QED) is 0.601. The van der Waals surface area contributed by atoms with Gasteiger partial charge in [-0.25, -0.2) is 0 Å². The van der Waals surface area contributed by atoms with Crippen molar-refractivity contribution in [3.63, 3.8) is 0 Å². The molecule has 0 amide bonds. The normalized spacial score (nSPS) is 45.8. The third-order valence-corrected chi connectivity index (χ3v) is 4.78. The van der Waals surface area contributed by atoms with Gasteiger partial charge in [-0.3, -0.25) is 0 Å². The molecule has 1 nitrogen and oxygen atoms in total. The van der Waals surface area contributed by atoms with Gasteiger partial charge in [0, 0.05) is 11.8 Å². The molecule has 0 aromatic heterocycles. The van der Waals surface area contributed by atoms with E-state index in [9.17, 15) is 5.11 Å². The minimum atomic E-state index is -0.0662. The molecular formula is C14H20O. The summed E-state index contributed by atoms with van der Waals surface area (Å²) >= 11 is 0. The fraction of sp³-hybridized carbons (Fsp3) is 0.714. The number of aliphatic hydroxyl groups is 1. The van der Waals surface area contributed by atoms with E-state index in [2.05, 4.69) is 27.7 Å². The molecule has 0 aromatic carbocycles. The van der Waals surface area contributed by atoms with Crippen LogP contribution in [-0.2, 0) is 0 Å². The predicted octanol–water partition coefficient (Wildman–Crippen LogP) is 2.92. The zero-order valence-electron chi connectivity index (χ0n) is 10.0. The van der Waals surface area contributed by atoms with Gasteiger partial charge in [-0.1, -0.05) is 22.3 Å². The van der Waals surface area contributed by atoms with E-state index < -0.39 is 0 Å². The van der Waals surface area contributed by atoms with E-state index in [1.807, 2.05) is 0 Å². The maximum atomic E-state index is 10.3. The molecule has 4 saturated carbocycles. The maximum absolute atomic E-state index is 10.3. The van der Waals surface area contributed by atoms with Gasteiger partial charge >= 0.3 is 0 Å². The average molecular weight is 204 g/mol. The summed E-state index contributed by atoms with van der Waals surface area (Å²) in [4.78, 5) is 0. The SMILES string of the molecule is CC(C)=C1[C@@H]2C(O)[C@H]3C(=C(C)C)[C@@H]2C[C@@H]13. The largest absolute Gasteiger partial charge is 0.392 e. The van der Waals surface area contributed by atoms with Crippen molar-refractivity contribution in [2.24, 2.45) is 23.7 Å². The molecule has 0 aromatic rings. The molecule has 1 N–H and O–H groups in total. The molecule has 0 aliphatic heterocycles. The van der Waals surface area contributed by atoms with Gasteiger partial charge in [0.25, 0.3) is 0 Å². The lowest BCUT2D eigenvalue weighted by Gasteiger charge is -2.18. The lowest BCUT2D eigenvalue weighted by molar-refractivity contribution is 0.105. The summed E-state index contributed by atoms with van der Waals surface area (Å²) in [5.74, 6) is 2.33. The third kappa shape index (κ3) is 0.932. The van der Waals surface area contributed by atoms with Crippen LogP contribution in [0.15, 0.2) is 22.3 Å². The summed E-state index contributed by atoms with van der Waals surface area (Å²) < 4.78 is 0. The molecule has 4 fully saturated rings. The first kappa shape index (κ1) is 9.65. The molecule has 4 atom stereocenters. The molecule has 4 rings (SSSR count). The number of allylic oxidation sites excluding steroid dienone is 2. The Kier molecular flexibility index (Phi) is 1.78. The number of hydrogen-bond acceptors (Lipinski definition) is 1. The van der Waals surface area contributed by atoms with Crippen LogP contribution < -0.4 is 0 Å². The second kappa shape index (κ2) is 2.76. The topological polar surface area (TPSA) is 20.2 Å². The van der Waals surface area contributed by atoms with Gasteiger partial charge in [0.2, 0.25) is 0 Å². The molecule has 0 unspecified atom stereocenters. The molecule has 4 bridgehead atoms. The van der Waals surface area contributed by atoms with Crippen LogP contribution in [0.3, 0.4) is 0 Å². The van der Waals surface area contributed by atoms with Crippen LogP contribution in [0.25, 0.3) is 0 Å². The lowest BCUT2D eigenvalue weighted by atomic mass is 9.86. The zero-order chi connectivity index (χ0) is 10.9. The Balaban J connectivity index is 2.13. The molecule has 1 heteroatoms. The summed E-state index contributed by atoms with van der Waals surface area (Å²) in [5.41, 5.74) is 6.12. The van der Waals surface area contributed by atoms with Crippen molar-refractivity contribution in [2.75, 3.05) is 0 Å². The molecule has 4 aliphatic rings. The summed E-state index contributed by atoms with van der Waals surface area (Å²) in [6.45, 7) is 8.83. The van der Waals surface area contributed by atoms with E-state index in [-0.39, 0.29) is 6.10 Å². The highest BCUT2D eigenvalue weighted by Crippen LogP contribution is 2.69. The summed E-state index contributed by atoms with van der Waals surface area (Å²) in [5, 5.41) is 10.3. The zero-order valence-corrected chi connectivity index (χ0v) is 10.0. The number of rotatable bonds is 0. The Bertz CT molecular complexity index is 344. The van der Waals surface area contributed by atoms with Crippen molar-refractivity contribution in [1.29, 1.82) is 0 Å². The molecule has 0 radical (unpaired) electrons. The average Bonchev–Trinajstić information content (AvgIpc) is 2.78. The summed E-state index contributed by atoms with van der Waals surface area (Å²) in [6, 6.07) is 0. The Morgan fingerprint density at radius 3 is 1.60 bits per heavy atom. The van der Waals surface area contributed by atoms with Crippen LogP contribution in [0.2, 0.25) is 0 Å². The first-order chi connectivity index (χ1) is 7.04. The molecule has 0 saturated heterocycles. The van der Waals surface area contributed by atoms with Crippen LogP contribution in [-0.4, -0.2) is 11.2 Å². The van der Waals surface area contributed by atoms with Gasteiger partial charge in [-0.05, 0) is 46.0 Å². The minimum Gasteiger partial charge on any atom is -0.392 e. The fourth-order valence-electron chi connectivity index (χ4n) is 4.61. The number of aliphatic hydroxyl groups excluding tert-OH is 1. The van der Waals surface area contributed by atoms with E-state index in [1.54, 1.807) is 11.1 Å². The van der Waals surface area contributed by atoms with Crippen molar-refractivity contribution in [1.82, 2.24) is 0 Å². The standard InChI is InChI=1S/C14H20O/c1-6(2)10-8-5-9-11(7(3)4)13(8)14(15)12(9)10/h8-9,12-15H,5H2,1-4H3/t8-,9-,12+,13+/m0/s1. The third-order valence-electron chi connectivity index (χ3n) is 4.78. The van der Waals surface area contributed by atoms with Gasteiger partial charge < -0.3 is 5.11 Å². The minimum absolute atomic E-state index is 0.0662. The fourth-order valence-corrected chi connectivity index (χ4v) is 4.61. The van der Waals surface area contributed by atoms with Crippen LogP contribution in [0, 0.1) is 23.7 Å². The van der Waals surface area contributed by atoms with Crippen LogP contribution in [0.5, 0.6) is 0 Å². The molecular weight excluding hydrogens is 184 g/mol. The van der Waals surface area contributed by atoms with Crippen molar-refractivity contribution in [3.05, 3.63) is 22.3 Å². The Morgan fingerprint density at radius 1 is 0.933 bits per heavy atom. The van der Waals surface area contributed by atoms with Crippen LogP contribution in [0.1, 0.15) is 34.1 Å². The van der Waals surface area contributed by atoms with E-state index in [1.165, 1.54) is 17.6 Å². The summed E-state index contributed by atoms with van der Waals surface area (Å²) in [7, 11) is 0. The number of hydrogen-bond donors (Lipinski definition) is 1. The van der Waals surface area contributed by atoms with Gasteiger partial charge in [0.15, 0.2) is 0 Å². The summed E-state index contributed by atoms with van der Waals surface area (Å²) in [6.07, 6.45) is 1.25. The van der Waals surface area contributed by atoms with E-state index in [0.29, 0.717) is 23.7 Å². The second-order valence-corrected chi connectivity index (χ2v) is 5.90. The lowest BCUT2D eigenvalue weighted by Crippen LogP contribution is -2.18. The van der Waals surface area contributed by atoms with Gasteiger partial charge in [0.05, 0.1) is 6.10 Å². The predicted molar refractivity (Wildman–Crippen MR) is 61.3 cm³/mol. The van der Waals surface area contributed by atoms with E-state index in [0.717, 1.165) is 0 Å². The van der Waals surface area contributed by atoms with Crippen molar-refractivity contribution in [3.8, 4) is 0 Å². The van der Waals surface area contributed by atoms with E-state index >= 15 is 0 Å². The first-order valence-electron chi connectivity index (χ1n) is 6.06. The van der Waals surface area contributed by atoms with Gasteiger partial charge in [0.1, 0.15) is 0 Å². The van der Waals surface area contributed by atoms with Crippen molar-refractivity contribution >= 4 is 0 Å². The van der Waals surface area contributed by atoms with Gasteiger partial charge in [-0.2, -0.15) is 0 Å². The van der Waals surface area contributed by atoms with Crippen molar-refractivity contribution < 1.29 is 5.11 Å². The highest BCUT2D eigenvalue weighted by atomic mass is 16.3. The molecule has 82 valence electrons. The Morgan fingerprint density at radius 2 is 1.33 bits per heavy atom. The second-order valence-electron chi connectivity index (χ2n) is 5.90.